The van der Waals surface area contributed by atoms with E-state index in [0.29, 0.717) is 28.4 Å². The lowest BCUT2D eigenvalue weighted by atomic mass is 9.60. The first-order valence-corrected chi connectivity index (χ1v) is 6.92. The lowest BCUT2D eigenvalue weighted by Gasteiger charge is -2.43. The Morgan fingerprint density at radius 2 is 1.81 bits per heavy atom. The van der Waals surface area contributed by atoms with Crippen LogP contribution in [0.15, 0.2) is 0 Å². The summed E-state index contributed by atoms with van der Waals surface area (Å²) in [6, 6.07) is 0. The van der Waals surface area contributed by atoms with E-state index in [2.05, 4.69) is 27.7 Å². The van der Waals surface area contributed by atoms with Gasteiger partial charge in [-0.25, -0.2) is 0 Å². The van der Waals surface area contributed by atoms with Crippen molar-refractivity contribution < 1.29 is 4.79 Å². The average molecular weight is 220 g/mol. The van der Waals surface area contributed by atoms with Gasteiger partial charge in [-0.1, -0.05) is 27.7 Å². The Bertz CT molecular complexity index is 343. The molecule has 0 aromatic rings. The highest BCUT2D eigenvalue weighted by atomic mass is 16.1. The summed E-state index contributed by atoms with van der Waals surface area (Å²) in [4.78, 5) is 12.1. The van der Waals surface area contributed by atoms with Gasteiger partial charge in [0.15, 0.2) is 0 Å². The highest BCUT2D eigenvalue weighted by Gasteiger charge is 2.67. The molecule has 3 aliphatic carbocycles. The van der Waals surface area contributed by atoms with E-state index >= 15 is 0 Å². The molecule has 0 heterocycles. The minimum Gasteiger partial charge on any atom is -0.299 e. The van der Waals surface area contributed by atoms with Crippen LogP contribution in [0.25, 0.3) is 0 Å². The first kappa shape index (κ1) is 10.8. The first-order chi connectivity index (χ1) is 7.39. The van der Waals surface area contributed by atoms with E-state index in [1.807, 2.05) is 0 Å². The van der Waals surface area contributed by atoms with Crippen LogP contribution in [0, 0.1) is 34.5 Å². The summed E-state index contributed by atoms with van der Waals surface area (Å²) in [6.07, 6.45) is 4.89. The lowest BCUT2D eigenvalue weighted by molar-refractivity contribution is -0.122. The smallest absolute Gasteiger partial charge is 0.136 e. The third-order valence-corrected chi connectivity index (χ3v) is 6.48. The minimum atomic E-state index is 0.331. The molecule has 3 aliphatic rings. The Morgan fingerprint density at radius 1 is 1.12 bits per heavy atom. The number of rotatable bonds is 0. The predicted molar refractivity (Wildman–Crippen MR) is 65.0 cm³/mol. The molecule has 3 saturated carbocycles. The Kier molecular flexibility index (Phi) is 1.97. The van der Waals surface area contributed by atoms with Crippen LogP contribution in [-0.2, 0) is 4.79 Å². The number of hydrogen-bond donors (Lipinski definition) is 0. The van der Waals surface area contributed by atoms with Gasteiger partial charge < -0.3 is 0 Å². The highest BCUT2D eigenvalue weighted by molar-refractivity contribution is 5.85. The standard InChI is InChI=1S/C15H24O/c1-9-5-6-11-12-7-13(16)10(2)15(9,12)8-14(11,3)4/h9-12H,5-8H2,1-4H3/t9-,10-,11-,12-,15?/m1/s1. The summed E-state index contributed by atoms with van der Waals surface area (Å²) in [6.45, 7) is 9.49. The Hall–Kier alpha value is -0.330. The second-order valence-corrected chi connectivity index (χ2v) is 7.36. The zero-order valence-electron chi connectivity index (χ0n) is 11.0. The van der Waals surface area contributed by atoms with Crippen molar-refractivity contribution in [3.8, 4) is 0 Å². The van der Waals surface area contributed by atoms with Crippen LogP contribution in [0.4, 0.5) is 0 Å². The van der Waals surface area contributed by atoms with Gasteiger partial charge in [0.2, 0.25) is 0 Å². The van der Waals surface area contributed by atoms with Crippen molar-refractivity contribution in [2.24, 2.45) is 34.5 Å². The SMILES string of the molecule is C[C@@H]1CC[C@@H]2[C@H]3CC(=O)[C@@H](C)C13CC2(C)C. The molecule has 2 bridgehead atoms. The van der Waals surface area contributed by atoms with E-state index < -0.39 is 0 Å². The van der Waals surface area contributed by atoms with Gasteiger partial charge in [0.25, 0.3) is 0 Å². The molecule has 5 atom stereocenters. The molecular formula is C15H24O. The molecule has 90 valence electrons. The van der Waals surface area contributed by atoms with E-state index in [1.54, 1.807) is 0 Å². The van der Waals surface area contributed by atoms with Crippen LogP contribution >= 0.6 is 0 Å². The maximum atomic E-state index is 12.1. The quantitative estimate of drug-likeness (QED) is 0.608. The average Bonchev–Trinajstić information content (AvgIpc) is 2.51. The van der Waals surface area contributed by atoms with Gasteiger partial charge in [0, 0.05) is 12.3 Å². The number of hydrogen-bond acceptors (Lipinski definition) is 1. The summed E-state index contributed by atoms with van der Waals surface area (Å²) >= 11 is 0. The van der Waals surface area contributed by atoms with Gasteiger partial charge in [0.05, 0.1) is 0 Å². The van der Waals surface area contributed by atoms with Gasteiger partial charge in [0.1, 0.15) is 5.78 Å². The van der Waals surface area contributed by atoms with Crippen molar-refractivity contribution in [3.05, 3.63) is 0 Å². The Balaban J connectivity index is 2.11. The van der Waals surface area contributed by atoms with Crippen molar-refractivity contribution in [1.82, 2.24) is 0 Å². The summed E-state index contributed by atoms with van der Waals surface area (Å²) in [5.74, 6) is 3.18. The van der Waals surface area contributed by atoms with Gasteiger partial charge in [-0.15, -0.1) is 0 Å². The van der Waals surface area contributed by atoms with Crippen LogP contribution in [0.3, 0.4) is 0 Å². The van der Waals surface area contributed by atoms with Crippen LogP contribution in [0.5, 0.6) is 0 Å². The summed E-state index contributed by atoms with van der Waals surface area (Å²) < 4.78 is 0. The lowest BCUT2D eigenvalue weighted by Crippen LogP contribution is -2.39. The van der Waals surface area contributed by atoms with E-state index in [1.165, 1.54) is 19.3 Å². The number of Topliss-reactive ketones (excluding diaryl/α,β-unsaturated/α-hetero) is 1. The van der Waals surface area contributed by atoms with E-state index in [4.69, 9.17) is 0 Å². The van der Waals surface area contributed by atoms with Crippen molar-refractivity contribution in [2.45, 2.75) is 53.4 Å². The fraction of sp³-hybridized carbons (Fsp3) is 0.933. The summed E-state index contributed by atoms with van der Waals surface area (Å²) in [5.41, 5.74) is 0.855. The maximum absolute atomic E-state index is 12.1. The zero-order chi connectivity index (χ0) is 11.7. The molecule has 16 heavy (non-hydrogen) atoms. The monoisotopic (exact) mass is 220 g/mol. The molecule has 0 aromatic heterocycles. The molecule has 0 spiro atoms. The van der Waals surface area contributed by atoms with Crippen molar-refractivity contribution in [3.63, 3.8) is 0 Å². The molecule has 3 rings (SSSR count). The first-order valence-electron chi connectivity index (χ1n) is 6.92. The van der Waals surface area contributed by atoms with Gasteiger partial charge in [-0.3, -0.25) is 4.79 Å². The fourth-order valence-electron chi connectivity index (χ4n) is 5.73. The molecule has 3 fully saturated rings. The van der Waals surface area contributed by atoms with Gasteiger partial charge in [-0.2, -0.15) is 0 Å². The third-order valence-electron chi connectivity index (χ3n) is 6.48. The maximum Gasteiger partial charge on any atom is 0.136 e. The molecule has 0 aromatic carbocycles. The minimum absolute atomic E-state index is 0.331. The van der Waals surface area contributed by atoms with E-state index in [-0.39, 0.29) is 0 Å². The third kappa shape index (κ3) is 1.01. The van der Waals surface area contributed by atoms with Crippen LogP contribution in [0.2, 0.25) is 0 Å². The molecule has 1 heteroatoms. The van der Waals surface area contributed by atoms with Crippen LogP contribution < -0.4 is 0 Å². The summed E-state index contributed by atoms with van der Waals surface area (Å²) in [5, 5.41) is 0. The van der Waals surface area contributed by atoms with E-state index in [0.717, 1.165) is 18.3 Å². The normalized spacial score (nSPS) is 54.1. The molecule has 0 saturated heterocycles. The molecule has 0 aliphatic heterocycles. The van der Waals surface area contributed by atoms with E-state index in [9.17, 15) is 4.79 Å². The molecule has 0 N–H and O–H groups in total. The molecule has 0 radical (unpaired) electrons. The van der Waals surface area contributed by atoms with Gasteiger partial charge in [-0.05, 0) is 47.8 Å². The molecular weight excluding hydrogens is 196 g/mol. The van der Waals surface area contributed by atoms with Crippen molar-refractivity contribution >= 4 is 5.78 Å². The zero-order valence-corrected chi connectivity index (χ0v) is 11.0. The number of carbonyl (C=O) groups is 1. The van der Waals surface area contributed by atoms with Crippen LogP contribution in [-0.4, -0.2) is 5.78 Å². The van der Waals surface area contributed by atoms with Gasteiger partial charge >= 0.3 is 0 Å². The molecule has 1 nitrogen and oxygen atoms in total. The summed E-state index contributed by atoms with van der Waals surface area (Å²) in [7, 11) is 0. The number of carbonyl (C=O) groups excluding carboxylic acids is 1. The van der Waals surface area contributed by atoms with Crippen LogP contribution in [0.1, 0.15) is 53.4 Å². The predicted octanol–water partition coefficient (Wildman–Crippen LogP) is 3.67. The topological polar surface area (TPSA) is 17.1 Å². The Labute approximate surface area is 99.0 Å². The fourth-order valence-corrected chi connectivity index (χ4v) is 5.73. The molecule has 1 unspecified atom stereocenters. The Morgan fingerprint density at radius 3 is 2.44 bits per heavy atom. The number of ketones is 1. The van der Waals surface area contributed by atoms with Crippen molar-refractivity contribution in [1.29, 1.82) is 0 Å². The molecule has 0 amide bonds. The second-order valence-electron chi connectivity index (χ2n) is 7.36. The van der Waals surface area contributed by atoms with Crippen molar-refractivity contribution in [2.75, 3.05) is 0 Å². The second kappa shape index (κ2) is 2.91. The largest absolute Gasteiger partial charge is 0.299 e. The highest BCUT2D eigenvalue weighted by Crippen LogP contribution is 2.71.